The third kappa shape index (κ3) is 6.23. The van der Waals surface area contributed by atoms with Crippen molar-refractivity contribution < 1.29 is 93.4 Å². The Hall–Kier alpha value is 0.360. The first-order valence-electron chi connectivity index (χ1n) is 9.34. The van der Waals surface area contributed by atoms with Crippen molar-refractivity contribution >= 4 is 86.8 Å². The van der Waals surface area contributed by atoms with Gasteiger partial charge in [0.25, 0.3) is 20.8 Å². The van der Waals surface area contributed by atoms with E-state index >= 15 is 0 Å². The van der Waals surface area contributed by atoms with Gasteiger partial charge in [-0.2, -0.15) is 0 Å². The fraction of sp³-hybridized carbons (Fsp3) is 0.200. The molecular weight excluding hydrogens is 613 g/mol. The Bertz CT molecular complexity index is 1600. The first kappa shape index (κ1) is 32.6. The molecule has 182 valence electrons. The molecule has 4 aromatic rings. The number of halogens is 2. The molecule has 36 heavy (non-hydrogen) atoms. The molecule has 0 unspecified atom stereocenters. The van der Waals surface area contributed by atoms with Gasteiger partial charge in [0.05, 0.1) is 9.75 Å². The van der Waals surface area contributed by atoms with Crippen LogP contribution in [0.15, 0.2) is 12.1 Å². The minimum absolute atomic E-state index is 0. The molecule has 4 rings (SSSR count). The second kappa shape index (κ2) is 11.5. The van der Waals surface area contributed by atoms with Crippen molar-refractivity contribution in [1.29, 1.82) is 0 Å². The maximum absolute atomic E-state index is 11.6. The van der Waals surface area contributed by atoms with E-state index in [9.17, 15) is 25.9 Å². The number of benzene rings is 2. The zero-order chi connectivity index (χ0) is 25.3. The third-order valence-corrected chi connectivity index (χ3v) is 9.48. The van der Waals surface area contributed by atoms with Gasteiger partial charge in [0.2, 0.25) is 0 Å². The Kier molecular flexibility index (Phi) is 10.4. The maximum atomic E-state index is 11.6. The second-order valence-corrected chi connectivity index (χ2v) is 12.3. The molecule has 0 radical (unpaired) electrons. The number of hydrogen-bond donors (Lipinski definition) is 0. The molecule has 0 N–H and O–H groups in total. The Labute approximate surface area is 270 Å². The van der Waals surface area contributed by atoms with Crippen molar-refractivity contribution in [2.24, 2.45) is 0 Å². The van der Waals surface area contributed by atoms with Crippen LogP contribution in [0.2, 0.25) is 10.0 Å². The zero-order valence-corrected chi connectivity index (χ0v) is 28.6. The summed E-state index contributed by atoms with van der Waals surface area (Å²) in [5, 5.41) is 1.19. The van der Waals surface area contributed by atoms with Crippen molar-refractivity contribution in [3.05, 3.63) is 44.4 Å². The van der Waals surface area contributed by atoms with E-state index in [4.69, 9.17) is 31.6 Å². The molecule has 2 aromatic heterocycles. The summed E-state index contributed by atoms with van der Waals surface area (Å²) >= 11 is 14.7. The van der Waals surface area contributed by atoms with Crippen LogP contribution < -0.4 is 67.5 Å². The summed E-state index contributed by atoms with van der Waals surface area (Å²) in [7, 11) is -10.5. The van der Waals surface area contributed by atoms with Crippen molar-refractivity contribution in [2.45, 2.75) is 27.7 Å². The standard InChI is InChI=1S/C20H16Cl2O8S4.2Na/c1-7-5-11(21)9(3)13-15(29-33(23,24)25)19(31-17(7)13)20-16(30-34(26,27)28)14-10(4)12(22)6-8(2)18(14)32-20;;/h5-6H,1-4H3,(H,23,24,25)(H,26,27,28);;/q;2*+1/p-2. The van der Waals surface area contributed by atoms with Gasteiger partial charge in [-0.25, -0.2) is 16.8 Å². The van der Waals surface area contributed by atoms with Crippen molar-refractivity contribution in [3.8, 4) is 21.3 Å². The quantitative estimate of drug-likeness (QED) is 0.172. The largest absolute Gasteiger partial charge is 1.00 e. The van der Waals surface area contributed by atoms with Gasteiger partial charge in [0, 0.05) is 30.2 Å². The van der Waals surface area contributed by atoms with Crippen molar-refractivity contribution in [1.82, 2.24) is 0 Å². The summed E-state index contributed by atoms with van der Waals surface area (Å²) in [6, 6.07) is 3.35. The smallest absolute Gasteiger partial charge is 0.716 e. The topological polar surface area (TPSA) is 133 Å². The SMILES string of the molecule is Cc1cc(Cl)c(C)c2c(OS(=O)(=O)[O-])c(-c3sc4c(C)cc(Cl)c(C)c4c3OS(=O)(=O)[O-])sc12.[Na+].[Na+]. The predicted octanol–water partition coefficient (Wildman–Crippen LogP) is 0.00948. The number of rotatable bonds is 5. The van der Waals surface area contributed by atoms with Crippen LogP contribution in [0, 0.1) is 27.7 Å². The van der Waals surface area contributed by atoms with E-state index in [1.54, 1.807) is 39.8 Å². The summed E-state index contributed by atoms with van der Waals surface area (Å²) in [6.45, 7) is 6.73. The van der Waals surface area contributed by atoms with E-state index in [1.807, 2.05) is 0 Å². The molecule has 0 aliphatic rings. The molecule has 8 nitrogen and oxygen atoms in total. The fourth-order valence-electron chi connectivity index (χ4n) is 3.70. The molecule has 0 amide bonds. The van der Waals surface area contributed by atoms with E-state index in [2.05, 4.69) is 0 Å². The molecule has 0 atom stereocenters. The average molecular weight is 627 g/mol. The summed E-state index contributed by atoms with van der Waals surface area (Å²) < 4.78 is 80.7. The van der Waals surface area contributed by atoms with Crippen LogP contribution in [0.3, 0.4) is 0 Å². The maximum Gasteiger partial charge on any atom is 1.00 e. The van der Waals surface area contributed by atoms with Crippen molar-refractivity contribution in [2.75, 3.05) is 0 Å². The van der Waals surface area contributed by atoms with E-state index < -0.39 is 20.8 Å². The second-order valence-electron chi connectivity index (χ2n) is 7.51. The van der Waals surface area contributed by atoms with E-state index in [0.717, 1.165) is 22.7 Å². The summed E-state index contributed by atoms with van der Waals surface area (Å²) in [5.41, 5.74) is 2.26. The number of hydrogen-bond acceptors (Lipinski definition) is 10. The van der Waals surface area contributed by atoms with Crippen LogP contribution in [0.1, 0.15) is 22.3 Å². The van der Waals surface area contributed by atoms with Crippen LogP contribution in [0.25, 0.3) is 29.9 Å². The first-order chi connectivity index (χ1) is 15.6. The summed E-state index contributed by atoms with van der Waals surface area (Å²) in [4.78, 5) is 0.190. The van der Waals surface area contributed by atoms with Crippen LogP contribution in [-0.2, 0) is 20.8 Å². The fourth-order valence-corrected chi connectivity index (χ4v) is 7.70. The minimum Gasteiger partial charge on any atom is -0.716 e. The Morgan fingerprint density at radius 2 is 1.00 bits per heavy atom. The van der Waals surface area contributed by atoms with Gasteiger partial charge in [-0.05, 0) is 62.1 Å². The van der Waals surface area contributed by atoms with Crippen molar-refractivity contribution in [3.63, 3.8) is 0 Å². The van der Waals surface area contributed by atoms with Gasteiger partial charge in [-0.3, -0.25) is 0 Å². The van der Waals surface area contributed by atoms with Crippen LogP contribution in [-0.4, -0.2) is 25.9 Å². The Morgan fingerprint density at radius 1 is 0.694 bits per heavy atom. The van der Waals surface area contributed by atoms with Crippen LogP contribution >= 0.6 is 45.9 Å². The monoisotopic (exact) mass is 626 g/mol. The van der Waals surface area contributed by atoms with Gasteiger partial charge in [0.15, 0.2) is 11.5 Å². The molecule has 0 saturated carbocycles. The number of aryl methyl sites for hydroxylation is 4. The molecule has 2 heterocycles. The van der Waals surface area contributed by atoms with E-state index in [1.165, 1.54) is 0 Å². The normalized spacial score (nSPS) is 11.9. The molecule has 0 saturated heterocycles. The van der Waals surface area contributed by atoms with Gasteiger partial charge in [-0.1, -0.05) is 23.2 Å². The van der Waals surface area contributed by atoms with Gasteiger partial charge in [-0.15, -0.1) is 22.7 Å². The molecule has 0 aliphatic heterocycles. The minimum atomic E-state index is -5.24. The molecule has 16 heteroatoms. The number of fused-ring (bicyclic) bond motifs is 2. The molecule has 0 fully saturated rings. The molecule has 2 aromatic carbocycles. The van der Waals surface area contributed by atoms with E-state index in [0.29, 0.717) is 41.7 Å². The van der Waals surface area contributed by atoms with Gasteiger partial charge < -0.3 is 17.5 Å². The predicted molar refractivity (Wildman–Crippen MR) is 132 cm³/mol. The van der Waals surface area contributed by atoms with Gasteiger partial charge >= 0.3 is 59.1 Å². The van der Waals surface area contributed by atoms with Crippen LogP contribution in [0.4, 0.5) is 0 Å². The molecule has 0 aliphatic carbocycles. The molecule has 0 bridgehead atoms. The Morgan fingerprint density at radius 3 is 1.28 bits per heavy atom. The average Bonchev–Trinajstić information content (AvgIpc) is 3.21. The molecule has 0 spiro atoms. The van der Waals surface area contributed by atoms with Crippen LogP contribution in [0.5, 0.6) is 11.5 Å². The van der Waals surface area contributed by atoms with E-state index in [-0.39, 0.29) is 91.1 Å². The Balaban J connectivity index is 0.00000228. The molecular formula is C20H14Cl2Na2O8S4. The first-order valence-corrected chi connectivity index (χ1v) is 14.4. The number of thiophene rings is 2. The zero-order valence-electron chi connectivity index (χ0n) is 19.8. The third-order valence-electron chi connectivity index (χ3n) is 5.18. The summed E-state index contributed by atoms with van der Waals surface area (Å²) in [6.07, 6.45) is 0. The summed E-state index contributed by atoms with van der Waals surface area (Å²) in [5.74, 6) is -0.640. The van der Waals surface area contributed by atoms with Gasteiger partial charge in [0.1, 0.15) is 0 Å².